The van der Waals surface area contributed by atoms with Crippen LogP contribution in [0, 0.1) is 13.8 Å². The molecule has 0 saturated carbocycles. The second-order valence-electron chi connectivity index (χ2n) is 8.36. The second-order valence-corrected chi connectivity index (χ2v) is 10.2. The average Bonchev–Trinajstić information content (AvgIpc) is 2.66. The zero-order valence-electron chi connectivity index (χ0n) is 19.0. The van der Waals surface area contributed by atoms with Crippen LogP contribution in [0.5, 0.6) is 11.5 Å². The molecular weight excluding hydrogens is 414 g/mol. The quantitative estimate of drug-likeness (QED) is 0.508. The Morgan fingerprint density at radius 2 is 1.77 bits per heavy atom. The van der Waals surface area contributed by atoms with Crippen LogP contribution in [-0.2, 0) is 21.2 Å². The summed E-state index contributed by atoms with van der Waals surface area (Å²) < 4.78 is 30.1. The molecule has 0 amide bonds. The number of aromatic hydroxyl groups is 1. The highest BCUT2D eigenvalue weighted by atomic mass is 32.2. The fraction of sp³-hybridized carbons (Fsp3) is 0.458. The van der Waals surface area contributed by atoms with Gasteiger partial charge in [-0.05, 0) is 78.6 Å². The molecule has 0 spiro atoms. The Kier molecular flexibility index (Phi) is 8.65. The SMILES string of the molecule is Cc1cc(OCC(=O)CCCNS(C)(=O)=O)cc(C)c1Cc1ccc(O)c(C(C)C)c1. The van der Waals surface area contributed by atoms with Gasteiger partial charge in [-0.25, -0.2) is 13.1 Å². The summed E-state index contributed by atoms with van der Waals surface area (Å²) in [5.41, 5.74) is 5.45. The van der Waals surface area contributed by atoms with Gasteiger partial charge in [0.1, 0.15) is 18.1 Å². The molecule has 170 valence electrons. The number of ketones is 1. The Labute approximate surface area is 185 Å². The number of rotatable bonds is 11. The van der Waals surface area contributed by atoms with E-state index >= 15 is 0 Å². The van der Waals surface area contributed by atoms with Gasteiger partial charge in [0.25, 0.3) is 0 Å². The van der Waals surface area contributed by atoms with E-state index in [1.807, 2.05) is 32.0 Å². The lowest BCUT2D eigenvalue weighted by Crippen LogP contribution is -2.24. The molecule has 0 unspecified atom stereocenters. The Morgan fingerprint density at radius 1 is 1.13 bits per heavy atom. The van der Waals surface area contributed by atoms with E-state index < -0.39 is 10.0 Å². The highest BCUT2D eigenvalue weighted by Crippen LogP contribution is 2.29. The van der Waals surface area contributed by atoms with Crippen molar-refractivity contribution in [3.8, 4) is 11.5 Å². The molecule has 0 bridgehead atoms. The highest BCUT2D eigenvalue weighted by molar-refractivity contribution is 7.88. The van der Waals surface area contributed by atoms with Crippen LogP contribution in [0.3, 0.4) is 0 Å². The van der Waals surface area contributed by atoms with Crippen molar-refractivity contribution in [1.82, 2.24) is 4.72 Å². The lowest BCUT2D eigenvalue weighted by Gasteiger charge is -2.15. The van der Waals surface area contributed by atoms with Crippen molar-refractivity contribution in [2.24, 2.45) is 0 Å². The van der Waals surface area contributed by atoms with Gasteiger partial charge >= 0.3 is 0 Å². The van der Waals surface area contributed by atoms with Gasteiger partial charge in [-0.1, -0.05) is 26.0 Å². The number of nitrogens with one attached hydrogen (secondary N) is 1. The summed E-state index contributed by atoms with van der Waals surface area (Å²) in [5.74, 6) is 1.15. The molecule has 0 heterocycles. The molecule has 31 heavy (non-hydrogen) atoms. The van der Waals surface area contributed by atoms with Crippen LogP contribution >= 0.6 is 0 Å². The van der Waals surface area contributed by atoms with Crippen molar-refractivity contribution < 1.29 is 23.1 Å². The Hall–Kier alpha value is -2.38. The van der Waals surface area contributed by atoms with Crippen LogP contribution in [0.4, 0.5) is 0 Å². The van der Waals surface area contributed by atoms with Gasteiger partial charge in [-0.15, -0.1) is 0 Å². The van der Waals surface area contributed by atoms with Crippen LogP contribution in [0.25, 0.3) is 0 Å². The normalized spacial score (nSPS) is 11.7. The van der Waals surface area contributed by atoms with Crippen LogP contribution < -0.4 is 9.46 Å². The van der Waals surface area contributed by atoms with Crippen molar-refractivity contribution >= 4 is 15.8 Å². The predicted octanol–water partition coefficient (Wildman–Crippen LogP) is 4.00. The number of hydrogen-bond donors (Lipinski definition) is 2. The van der Waals surface area contributed by atoms with Crippen molar-refractivity contribution in [3.63, 3.8) is 0 Å². The third kappa shape index (κ3) is 7.99. The maximum atomic E-state index is 12.0. The van der Waals surface area contributed by atoms with Crippen LogP contribution in [0.2, 0.25) is 0 Å². The predicted molar refractivity (Wildman–Crippen MR) is 124 cm³/mol. The number of aryl methyl sites for hydroxylation is 2. The summed E-state index contributed by atoms with van der Waals surface area (Å²) in [6.45, 7) is 8.38. The zero-order valence-corrected chi connectivity index (χ0v) is 19.8. The molecule has 0 aliphatic heterocycles. The third-order valence-corrected chi connectivity index (χ3v) is 5.89. The van der Waals surface area contributed by atoms with Crippen molar-refractivity contribution in [2.75, 3.05) is 19.4 Å². The van der Waals surface area contributed by atoms with Crippen molar-refractivity contribution in [3.05, 3.63) is 58.1 Å². The van der Waals surface area contributed by atoms with Crippen LogP contribution in [-0.4, -0.2) is 38.7 Å². The van der Waals surface area contributed by atoms with Gasteiger partial charge in [0.05, 0.1) is 6.26 Å². The van der Waals surface area contributed by atoms with Crippen LogP contribution in [0.15, 0.2) is 30.3 Å². The van der Waals surface area contributed by atoms with Crippen molar-refractivity contribution in [1.29, 1.82) is 0 Å². The number of benzene rings is 2. The number of hydrogen-bond acceptors (Lipinski definition) is 5. The number of ether oxygens (including phenoxy) is 1. The van der Waals surface area contributed by atoms with E-state index in [4.69, 9.17) is 4.74 Å². The smallest absolute Gasteiger partial charge is 0.208 e. The Balaban J connectivity index is 1.98. The van der Waals surface area contributed by atoms with Gasteiger partial charge < -0.3 is 9.84 Å². The van der Waals surface area contributed by atoms with Crippen LogP contribution in [0.1, 0.15) is 60.4 Å². The molecule has 2 aromatic rings. The average molecular weight is 448 g/mol. The molecular formula is C24H33NO5S. The number of carbonyl (C=O) groups is 1. The van der Waals surface area contributed by atoms with E-state index in [0.29, 0.717) is 17.9 Å². The van der Waals surface area contributed by atoms with Gasteiger partial charge in [0, 0.05) is 13.0 Å². The van der Waals surface area contributed by atoms with E-state index in [0.717, 1.165) is 34.9 Å². The summed E-state index contributed by atoms with van der Waals surface area (Å²) in [4.78, 5) is 12.0. The largest absolute Gasteiger partial charge is 0.508 e. The Bertz CT molecular complexity index is 1010. The summed E-state index contributed by atoms with van der Waals surface area (Å²) in [7, 11) is -3.23. The van der Waals surface area contributed by atoms with E-state index in [2.05, 4.69) is 24.6 Å². The molecule has 0 fully saturated rings. The first kappa shape index (κ1) is 24.9. The minimum Gasteiger partial charge on any atom is -0.508 e. The topological polar surface area (TPSA) is 92.7 Å². The van der Waals surface area contributed by atoms with Gasteiger partial charge in [0.15, 0.2) is 5.78 Å². The van der Waals surface area contributed by atoms with Gasteiger partial charge in [-0.2, -0.15) is 0 Å². The first-order valence-electron chi connectivity index (χ1n) is 10.5. The van der Waals surface area contributed by atoms with E-state index in [9.17, 15) is 18.3 Å². The van der Waals surface area contributed by atoms with E-state index in [1.54, 1.807) is 6.07 Å². The summed E-state index contributed by atoms with van der Waals surface area (Å²) in [6.07, 6.45) is 2.55. The van der Waals surface area contributed by atoms with Crippen molar-refractivity contribution in [2.45, 2.75) is 52.9 Å². The Morgan fingerprint density at radius 3 is 2.35 bits per heavy atom. The third-order valence-electron chi connectivity index (χ3n) is 5.16. The molecule has 6 nitrogen and oxygen atoms in total. The maximum absolute atomic E-state index is 12.0. The minimum atomic E-state index is -3.23. The minimum absolute atomic E-state index is 0.0349. The number of phenols is 1. The molecule has 0 saturated heterocycles. The zero-order chi connectivity index (χ0) is 23.2. The van der Waals surface area contributed by atoms with E-state index in [1.165, 1.54) is 5.56 Å². The number of Topliss-reactive ketones (excluding diaryl/α,β-unsaturated/α-hetero) is 1. The first-order valence-corrected chi connectivity index (χ1v) is 12.4. The first-order chi connectivity index (χ1) is 14.5. The molecule has 0 aliphatic carbocycles. The second kappa shape index (κ2) is 10.8. The van der Waals surface area contributed by atoms with Gasteiger partial charge in [0.2, 0.25) is 10.0 Å². The maximum Gasteiger partial charge on any atom is 0.208 e. The molecule has 2 aromatic carbocycles. The lowest BCUT2D eigenvalue weighted by molar-refractivity contribution is -0.121. The fourth-order valence-electron chi connectivity index (χ4n) is 3.48. The number of phenolic OH excluding ortho intramolecular Hbond substituents is 1. The summed E-state index contributed by atoms with van der Waals surface area (Å²) in [5, 5.41) is 10.1. The van der Waals surface area contributed by atoms with Gasteiger partial charge in [-0.3, -0.25) is 4.79 Å². The number of carbonyl (C=O) groups excluding carboxylic acids is 1. The molecule has 0 atom stereocenters. The molecule has 7 heteroatoms. The molecule has 0 radical (unpaired) electrons. The molecule has 0 aromatic heterocycles. The molecule has 2 rings (SSSR count). The monoisotopic (exact) mass is 447 g/mol. The molecule has 2 N–H and O–H groups in total. The summed E-state index contributed by atoms with van der Waals surface area (Å²) >= 11 is 0. The van der Waals surface area contributed by atoms with E-state index in [-0.39, 0.29) is 31.3 Å². The molecule has 0 aliphatic rings. The fourth-order valence-corrected chi connectivity index (χ4v) is 3.99. The number of sulfonamides is 1. The standard InChI is InChI=1S/C24H33NO5S/c1-16(2)22-13-19(8-9-24(22)27)14-23-17(3)11-21(12-18(23)4)30-15-20(26)7-6-10-25-31(5,28)29/h8-9,11-13,16,25,27H,6-7,10,14-15H2,1-5H3. The lowest BCUT2D eigenvalue weighted by atomic mass is 9.93. The summed E-state index contributed by atoms with van der Waals surface area (Å²) in [6, 6.07) is 9.63. The highest BCUT2D eigenvalue weighted by Gasteiger charge is 2.12.